The van der Waals surface area contributed by atoms with Crippen LogP contribution in [0.25, 0.3) is 0 Å². The Morgan fingerprint density at radius 1 is 0.947 bits per heavy atom. The quantitative estimate of drug-likeness (QED) is 0.877. The monoisotopic (exact) mass is 258 g/mol. The third-order valence-corrected chi connectivity index (χ3v) is 4.90. The highest BCUT2D eigenvalue weighted by Crippen LogP contribution is 2.30. The Labute approximate surface area is 117 Å². The minimum atomic E-state index is 0.790. The third kappa shape index (κ3) is 3.18. The highest BCUT2D eigenvalue weighted by atomic mass is 15.2. The second kappa shape index (κ2) is 6.06. The zero-order valence-electron chi connectivity index (χ0n) is 12.1. The van der Waals surface area contributed by atoms with E-state index in [2.05, 4.69) is 41.4 Å². The smallest absolute Gasteiger partial charge is 0.0119 e. The number of likely N-dealkylation sites (tertiary alicyclic amines) is 1. The first kappa shape index (κ1) is 13.1. The molecule has 0 aromatic heterocycles. The van der Waals surface area contributed by atoms with Gasteiger partial charge in [0.05, 0.1) is 0 Å². The van der Waals surface area contributed by atoms with Crippen molar-refractivity contribution in [1.29, 1.82) is 0 Å². The molecule has 0 atom stereocenters. The second-order valence-corrected chi connectivity index (χ2v) is 6.20. The van der Waals surface area contributed by atoms with E-state index in [4.69, 9.17) is 0 Å². The van der Waals surface area contributed by atoms with Crippen molar-refractivity contribution in [1.82, 2.24) is 10.2 Å². The molecule has 0 amide bonds. The molecule has 104 valence electrons. The van der Waals surface area contributed by atoms with Crippen LogP contribution in [-0.4, -0.2) is 37.1 Å². The second-order valence-electron chi connectivity index (χ2n) is 6.20. The summed E-state index contributed by atoms with van der Waals surface area (Å²) in [6, 6.07) is 10.0. The first-order valence-corrected chi connectivity index (χ1v) is 7.84. The molecule has 2 aliphatic heterocycles. The van der Waals surface area contributed by atoms with E-state index in [1.54, 1.807) is 5.56 Å². The molecule has 2 saturated heterocycles. The number of nitrogens with zero attached hydrogens (tertiary/aromatic N) is 1. The van der Waals surface area contributed by atoms with Crippen molar-refractivity contribution < 1.29 is 0 Å². The van der Waals surface area contributed by atoms with Crippen LogP contribution in [-0.2, 0) is 0 Å². The summed E-state index contributed by atoms with van der Waals surface area (Å²) in [6.45, 7) is 7.18. The Balaban J connectivity index is 1.55. The van der Waals surface area contributed by atoms with Crippen molar-refractivity contribution in [3.05, 3.63) is 35.4 Å². The maximum Gasteiger partial charge on any atom is 0.0119 e. The zero-order chi connectivity index (χ0) is 13.1. The van der Waals surface area contributed by atoms with Gasteiger partial charge in [-0.2, -0.15) is 0 Å². The van der Waals surface area contributed by atoms with Gasteiger partial charge in [0.2, 0.25) is 0 Å². The summed E-state index contributed by atoms with van der Waals surface area (Å²) in [6.07, 6.45) is 5.37. The summed E-state index contributed by atoms with van der Waals surface area (Å²) in [5.41, 5.74) is 2.92. The molecule has 2 aliphatic rings. The summed E-state index contributed by atoms with van der Waals surface area (Å²) in [4.78, 5) is 2.74. The fraction of sp³-hybridized carbons (Fsp3) is 0.647. The molecule has 0 bridgehead atoms. The Hall–Kier alpha value is -0.860. The standard InChI is InChI=1S/C17H26N2/c1-14-2-4-15(5-3-14)16-8-12-19(13-9-16)17-6-10-18-11-7-17/h2-5,16-18H,6-13H2,1H3. The number of rotatable bonds is 2. The van der Waals surface area contributed by atoms with Crippen LogP contribution in [0.4, 0.5) is 0 Å². The molecule has 0 spiro atoms. The molecule has 0 radical (unpaired) electrons. The SMILES string of the molecule is Cc1ccc(C2CCN(C3CCNCC3)CC2)cc1. The van der Waals surface area contributed by atoms with Gasteiger partial charge in [-0.05, 0) is 70.3 Å². The fourth-order valence-electron chi connectivity index (χ4n) is 3.61. The molecule has 1 aromatic carbocycles. The predicted molar refractivity (Wildman–Crippen MR) is 80.6 cm³/mol. The van der Waals surface area contributed by atoms with Gasteiger partial charge >= 0.3 is 0 Å². The molecule has 2 fully saturated rings. The number of piperidine rings is 2. The molecule has 0 aliphatic carbocycles. The predicted octanol–water partition coefficient (Wildman–Crippen LogP) is 2.93. The van der Waals surface area contributed by atoms with Crippen LogP contribution in [0.3, 0.4) is 0 Å². The van der Waals surface area contributed by atoms with E-state index in [0.29, 0.717) is 0 Å². The Bertz CT molecular complexity index is 384. The Morgan fingerprint density at radius 2 is 1.58 bits per heavy atom. The van der Waals surface area contributed by atoms with Crippen LogP contribution in [0, 0.1) is 6.92 Å². The molecule has 1 N–H and O–H groups in total. The summed E-state index contributed by atoms with van der Waals surface area (Å²) < 4.78 is 0. The van der Waals surface area contributed by atoms with Crippen molar-refractivity contribution in [3.8, 4) is 0 Å². The van der Waals surface area contributed by atoms with E-state index in [9.17, 15) is 0 Å². The van der Waals surface area contributed by atoms with Crippen molar-refractivity contribution >= 4 is 0 Å². The van der Waals surface area contributed by atoms with Crippen LogP contribution < -0.4 is 5.32 Å². The normalized spacial score (nSPS) is 23.6. The van der Waals surface area contributed by atoms with Crippen LogP contribution in [0.1, 0.15) is 42.7 Å². The van der Waals surface area contributed by atoms with Crippen LogP contribution >= 0.6 is 0 Å². The van der Waals surface area contributed by atoms with Gasteiger partial charge in [0.25, 0.3) is 0 Å². The Kier molecular flexibility index (Phi) is 4.19. The lowest BCUT2D eigenvalue weighted by Gasteiger charge is -2.39. The summed E-state index contributed by atoms with van der Waals surface area (Å²) in [5, 5.41) is 3.47. The van der Waals surface area contributed by atoms with E-state index in [1.807, 2.05) is 0 Å². The van der Waals surface area contributed by atoms with Gasteiger partial charge in [0, 0.05) is 6.04 Å². The minimum Gasteiger partial charge on any atom is -0.317 e. The summed E-state index contributed by atoms with van der Waals surface area (Å²) in [5.74, 6) is 0.790. The van der Waals surface area contributed by atoms with Gasteiger partial charge < -0.3 is 10.2 Å². The van der Waals surface area contributed by atoms with Crippen molar-refractivity contribution in [2.24, 2.45) is 0 Å². The van der Waals surface area contributed by atoms with Gasteiger partial charge in [-0.15, -0.1) is 0 Å². The minimum absolute atomic E-state index is 0.790. The molecule has 0 unspecified atom stereocenters. The lowest BCUT2D eigenvalue weighted by Crippen LogP contribution is -2.46. The van der Waals surface area contributed by atoms with Gasteiger partial charge in [0.15, 0.2) is 0 Å². The third-order valence-electron chi connectivity index (χ3n) is 4.90. The van der Waals surface area contributed by atoms with E-state index < -0.39 is 0 Å². The van der Waals surface area contributed by atoms with E-state index in [1.165, 1.54) is 57.4 Å². The molecule has 2 heterocycles. The topological polar surface area (TPSA) is 15.3 Å². The number of benzene rings is 1. The van der Waals surface area contributed by atoms with Crippen LogP contribution in [0.5, 0.6) is 0 Å². The maximum absolute atomic E-state index is 3.47. The van der Waals surface area contributed by atoms with E-state index in [-0.39, 0.29) is 0 Å². The average Bonchev–Trinajstić information content (AvgIpc) is 2.49. The van der Waals surface area contributed by atoms with Gasteiger partial charge in [-0.1, -0.05) is 29.8 Å². The fourth-order valence-corrected chi connectivity index (χ4v) is 3.61. The Morgan fingerprint density at radius 3 is 2.21 bits per heavy atom. The van der Waals surface area contributed by atoms with E-state index >= 15 is 0 Å². The summed E-state index contributed by atoms with van der Waals surface area (Å²) in [7, 11) is 0. The molecule has 0 saturated carbocycles. The molecule has 3 rings (SSSR count). The number of nitrogens with one attached hydrogen (secondary N) is 1. The number of hydrogen-bond acceptors (Lipinski definition) is 2. The molecule has 1 aromatic rings. The highest BCUT2D eigenvalue weighted by Gasteiger charge is 2.26. The summed E-state index contributed by atoms with van der Waals surface area (Å²) >= 11 is 0. The lowest BCUT2D eigenvalue weighted by molar-refractivity contribution is 0.127. The van der Waals surface area contributed by atoms with Gasteiger partial charge in [-0.25, -0.2) is 0 Å². The highest BCUT2D eigenvalue weighted by molar-refractivity contribution is 5.24. The van der Waals surface area contributed by atoms with E-state index in [0.717, 1.165) is 12.0 Å². The molecular formula is C17H26N2. The van der Waals surface area contributed by atoms with Gasteiger partial charge in [0.1, 0.15) is 0 Å². The first-order valence-electron chi connectivity index (χ1n) is 7.84. The zero-order valence-corrected chi connectivity index (χ0v) is 12.1. The van der Waals surface area contributed by atoms with Crippen molar-refractivity contribution in [2.75, 3.05) is 26.2 Å². The van der Waals surface area contributed by atoms with Crippen LogP contribution in [0.15, 0.2) is 24.3 Å². The number of aryl methyl sites for hydroxylation is 1. The molecule has 2 nitrogen and oxygen atoms in total. The lowest BCUT2D eigenvalue weighted by atomic mass is 9.88. The largest absolute Gasteiger partial charge is 0.317 e. The molecule has 19 heavy (non-hydrogen) atoms. The van der Waals surface area contributed by atoms with Crippen molar-refractivity contribution in [2.45, 2.75) is 44.6 Å². The van der Waals surface area contributed by atoms with Gasteiger partial charge in [-0.3, -0.25) is 0 Å². The molecular weight excluding hydrogens is 232 g/mol. The maximum atomic E-state index is 3.47. The van der Waals surface area contributed by atoms with Crippen LogP contribution in [0.2, 0.25) is 0 Å². The number of hydrogen-bond donors (Lipinski definition) is 1. The molecule has 2 heteroatoms. The average molecular weight is 258 g/mol. The van der Waals surface area contributed by atoms with Crippen molar-refractivity contribution in [3.63, 3.8) is 0 Å². The first-order chi connectivity index (χ1) is 9.33.